The molecule has 2 aliphatic rings. The van der Waals surface area contributed by atoms with Crippen LogP contribution >= 0.6 is 0 Å². The van der Waals surface area contributed by atoms with Crippen molar-refractivity contribution in [2.75, 3.05) is 13.1 Å². The van der Waals surface area contributed by atoms with Gasteiger partial charge in [0.25, 0.3) is 0 Å². The second kappa shape index (κ2) is 4.78. The molecular formula is C15H18N2O2. The average Bonchev–Trinajstić information content (AvgIpc) is 2.93. The Balaban J connectivity index is 2.04. The molecule has 3 rings (SSSR count). The van der Waals surface area contributed by atoms with Gasteiger partial charge in [0.15, 0.2) is 0 Å². The average molecular weight is 258 g/mol. The molecule has 2 saturated heterocycles. The molecule has 4 nitrogen and oxygen atoms in total. The number of hydrogen-bond acceptors (Lipinski definition) is 3. The summed E-state index contributed by atoms with van der Waals surface area (Å²) in [4.78, 5) is 23.7. The van der Waals surface area contributed by atoms with E-state index in [-0.39, 0.29) is 17.2 Å². The molecule has 1 aromatic rings. The number of amides is 2. The number of nitrogens with one attached hydrogen (secondary N) is 2. The smallest absolute Gasteiger partial charge is 0.227 e. The molecule has 2 aliphatic heterocycles. The SMILES string of the molecule is O=C1CC(c2ccccc2)([C@H]2CCNC2)CC(=O)N1. The topological polar surface area (TPSA) is 58.2 Å². The molecule has 0 spiro atoms. The number of hydrogen-bond donors (Lipinski definition) is 2. The summed E-state index contributed by atoms with van der Waals surface area (Å²) < 4.78 is 0. The summed E-state index contributed by atoms with van der Waals surface area (Å²) in [6.07, 6.45) is 1.85. The zero-order valence-electron chi connectivity index (χ0n) is 10.8. The van der Waals surface area contributed by atoms with E-state index in [2.05, 4.69) is 10.6 Å². The van der Waals surface area contributed by atoms with Crippen molar-refractivity contribution in [3.8, 4) is 0 Å². The number of rotatable bonds is 2. The van der Waals surface area contributed by atoms with Crippen molar-refractivity contribution in [3.05, 3.63) is 35.9 Å². The van der Waals surface area contributed by atoms with Gasteiger partial charge in [-0.25, -0.2) is 0 Å². The highest BCUT2D eigenvalue weighted by Gasteiger charge is 2.47. The Bertz CT molecular complexity index is 476. The summed E-state index contributed by atoms with van der Waals surface area (Å²) in [6.45, 7) is 1.85. The van der Waals surface area contributed by atoms with E-state index in [1.165, 1.54) is 0 Å². The molecule has 0 bridgehead atoms. The van der Waals surface area contributed by atoms with Crippen LogP contribution in [0.5, 0.6) is 0 Å². The second-order valence-corrected chi connectivity index (χ2v) is 5.54. The highest BCUT2D eigenvalue weighted by Crippen LogP contribution is 2.43. The van der Waals surface area contributed by atoms with Gasteiger partial charge in [-0.15, -0.1) is 0 Å². The molecule has 100 valence electrons. The third-order valence-electron chi connectivity index (χ3n) is 4.42. The van der Waals surface area contributed by atoms with Gasteiger partial charge in [0.2, 0.25) is 11.8 Å². The largest absolute Gasteiger partial charge is 0.316 e. The van der Waals surface area contributed by atoms with E-state index >= 15 is 0 Å². The summed E-state index contributed by atoms with van der Waals surface area (Å²) in [5.74, 6) is 0.0592. The summed E-state index contributed by atoms with van der Waals surface area (Å²) in [5, 5.41) is 5.78. The quantitative estimate of drug-likeness (QED) is 0.777. The highest BCUT2D eigenvalue weighted by atomic mass is 16.2. The van der Waals surface area contributed by atoms with E-state index in [0.717, 1.165) is 25.1 Å². The Morgan fingerprint density at radius 1 is 1.05 bits per heavy atom. The zero-order valence-corrected chi connectivity index (χ0v) is 10.8. The van der Waals surface area contributed by atoms with Crippen molar-refractivity contribution in [2.45, 2.75) is 24.7 Å². The van der Waals surface area contributed by atoms with E-state index in [9.17, 15) is 9.59 Å². The summed E-state index contributed by atoms with van der Waals surface area (Å²) in [6, 6.07) is 10.0. The van der Waals surface area contributed by atoms with Gasteiger partial charge in [0.05, 0.1) is 0 Å². The molecular weight excluding hydrogens is 240 g/mol. The molecule has 2 fully saturated rings. The molecule has 0 aliphatic carbocycles. The fraction of sp³-hybridized carbons (Fsp3) is 0.467. The number of carbonyl (C=O) groups excluding carboxylic acids is 2. The first-order valence-corrected chi connectivity index (χ1v) is 6.80. The number of carbonyl (C=O) groups is 2. The van der Waals surface area contributed by atoms with Gasteiger partial charge in [0, 0.05) is 18.3 Å². The van der Waals surface area contributed by atoms with Crippen LogP contribution in [0.1, 0.15) is 24.8 Å². The minimum Gasteiger partial charge on any atom is -0.316 e. The first-order chi connectivity index (χ1) is 9.21. The second-order valence-electron chi connectivity index (χ2n) is 5.54. The van der Waals surface area contributed by atoms with E-state index < -0.39 is 0 Å². The highest BCUT2D eigenvalue weighted by molar-refractivity contribution is 5.99. The van der Waals surface area contributed by atoms with Crippen LogP contribution in [0.4, 0.5) is 0 Å². The molecule has 2 heterocycles. The minimum absolute atomic E-state index is 0.146. The minimum atomic E-state index is -0.329. The van der Waals surface area contributed by atoms with Crippen molar-refractivity contribution in [3.63, 3.8) is 0 Å². The summed E-state index contributed by atoms with van der Waals surface area (Å²) in [7, 11) is 0. The zero-order chi connectivity index (χ0) is 13.3. The Morgan fingerprint density at radius 2 is 1.74 bits per heavy atom. The Kier molecular flexibility index (Phi) is 3.11. The Hall–Kier alpha value is -1.68. The first kappa shape index (κ1) is 12.4. The van der Waals surface area contributed by atoms with Crippen molar-refractivity contribution < 1.29 is 9.59 Å². The monoisotopic (exact) mass is 258 g/mol. The van der Waals surface area contributed by atoms with Crippen LogP contribution < -0.4 is 10.6 Å². The van der Waals surface area contributed by atoms with E-state index in [0.29, 0.717) is 18.8 Å². The van der Waals surface area contributed by atoms with Crippen LogP contribution in [0.25, 0.3) is 0 Å². The number of imide groups is 1. The molecule has 4 heteroatoms. The third-order valence-corrected chi connectivity index (χ3v) is 4.42. The molecule has 2 amide bonds. The van der Waals surface area contributed by atoms with Gasteiger partial charge in [-0.2, -0.15) is 0 Å². The fourth-order valence-corrected chi connectivity index (χ4v) is 3.50. The van der Waals surface area contributed by atoms with Gasteiger partial charge in [-0.3, -0.25) is 14.9 Å². The van der Waals surface area contributed by atoms with Crippen LogP contribution in [0, 0.1) is 5.92 Å². The van der Waals surface area contributed by atoms with E-state index in [1.807, 2.05) is 30.3 Å². The normalized spacial score (nSPS) is 26.2. The van der Waals surface area contributed by atoms with Crippen LogP contribution in [0.2, 0.25) is 0 Å². The predicted molar refractivity (Wildman–Crippen MR) is 71.5 cm³/mol. The maximum atomic E-state index is 11.9. The van der Waals surface area contributed by atoms with Gasteiger partial charge < -0.3 is 5.32 Å². The molecule has 0 radical (unpaired) electrons. The Morgan fingerprint density at radius 3 is 2.32 bits per heavy atom. The van der Waals surface area contributed by atoms with Crippen molar-refractivity contribution in [1.82, 2.24) is 10.6 Å². The standard InChI is InChI=1S/C15H18N2O2/c18-13-8-15(9-14(19)17-13,12-6-7-16-10-12)11-4-2-1-3-5-11/h1-5,12,16H,6-10H2,(H,17,18,19)/t12-/m0/s1. The number of benzene rings is 1. The predicted octanol–water partition coefficient (Wildman–Crippen LogP) is 0.970. The molecule has 0 saturated carbocycles. The molecule has 0 aromatic heterocycles. The lowest BCUT2D eigenvalue weighted by molar-refractivity contribution is -0.136. The van der Waals surface area contributed by atoms with Crippen LogP contribution in [0.3, 0.4) is 0 Å². The Labute approximate surface area is 112 Å². The van der Waals surface area contributed by atoms with Gasteiger partial charge >= 0.3 is 0 Å². The molecule has 0 unspecified atom stereocenters. The maximum absolute atomic E-state index is 11.9. The summed E-state index contributed by atoms with van der Waals surface area (Å²) in [5.41, 5.74) is 0.788. The molecule has 19 heavy (non-hydrogen) atoms. The lowest BCUT2D eigenvalue weighted by Crippen LogP contribution is -2.51. The van der Waals surface area contributed by atoms with Crippen molar-refractivity contribution in [2.24, 2.45) is 5.92 Å². The van der Waals surface area contributed by atoms with E-state index in [1.54, 1.807) is 0 Å². The third kappa shape index (κ3) is 2.16. The fourth-order valence-electron chi connectivity index (χ4n) is 3.50. The van der Waals surface area contributed by atoms with Gasteiger partial charge in [-0.05, 0) is 31.0 Å². The lowest BCUT2D eigenvalue weighted by atomic mass is 9.64. The number of piperidine rings is 1. The van der Waals surface area contributed by atoms with Crippen LogP contribution in [-0.2, 0) is 15.0 Å². The van der Waals surface area contributed by atoms with Crippen molar-refractivity contribution >= 4 is 11.8 Å². The van der Waals surface area contributed by atoms with Gasteiger partial charge in [0.1, 0.15) is 0 Å². The first-order valence-electron chi connectivity index (χ1n) is 6.80. The van der Waals surface area contributed by atoms with Crippen LogP contribution in [-0.4, -0.2) is 24.9 Å². The van der Waals surface area contributed by atoms with Crippen molar-refractivity contribution in [1.29, 1.82) is 0 Å². The molecule has 1 aromatic carbocycles. The van der Waals surface area contributed by atoms with Crippen LogP contribution in [0.15, 0.2) is 30.3 Å². The van der Waals surface area contributed by atoms with Gasteiger partial charge in [-0.1, -0.05) is 30.3 Å². The lowest BCUT2D eigenvalue weighted by Gasteiger charge is -2.41. The van der Waals surface area contributed by atoms with E-state index in [4.69, 9.17) is 0 Å². The molecule has 1 atom stereocenters. The summed E-state index contributed by atoms with van der Waals surface area (Å²) >= 11 is 0. The maximum Gasteiger partial charge on any atom is 0.227 e. The molecule has 2 N–H and O–H groups in total.